The van der Waals surface area contributed by atoms with Crippen molar-refractivity contribution >= 4 is 53.2 Å². The number of nitrogens with zero attached hydrogens (tertiary/aromatic N) is 2. The predicted octanol–water partition coefficient (Wildman–Crippen LogP) is 9.17. The van der Waals surface area contributed by atoms with Gasteiger partial charge in [-0.25, -0.2) is 4.89 Å². The molecule has 4 aromatic rings. The normalized spacial score (nSPS) is 18.9. The van der Waals surface area contributed by atoms with Crippen LogP contribution in [-0.2, 0) is 40.3 Å². The molecular weight excluding hydrogens is 733 g/mol. The maximum absolute atomic E-state index is 12.1. The molecule has 0 aromatic heterocycles. The van der Waals surface area contributed by atoms with Crippen LogP contribution in [0.2, 0.25) is 0 Å². The van der Waals surface area contributed by atoms with Crippen molar-refractivity contribution in [3.05, 3.63) is 132 Å². The first kappa shape index (κ1) is 40.4. The molecule has 55 heavy (non-hydrogen) atoms. The van der Waals surface area contributed by atoms with Gasteiger partial charge in [0.15, 0.2) is 0 Å². The molecule has 1 unspecified atom stereocenters. The highest BCUT2D eigenvalue weighted by atomic mass is 32.2. The number of anilines is 2. The summed E-state index contributed by atoms with van der Waals surface area (Å²) in [6.45, 7) is 10.3. The third-order valence-electron chi connectivity index (χ3n) is 10.9. The smallest absolute Gasteiger partial charge is 0.293 e. The maximum Gasteiger partial charge on any atom is 0.293 e. The number of allylic oxidation sites excluding steroid dienone is 7. The van der Waals surface area contributed by atoms with Gasteiger partial charge in [-0.3, -0.25) is 4.55 Å². The highest BCUT2D eigenvalue weighted by Crippen LogP contribution is 2.51. The Morgan fingerprint density at radius 3 is 1.95 bits per heavy atom. The number of rotatable bonds is 16. The fraction of sp³-hybridized carbons (Fsp3) is 0.364. The summed E-state index contributed by atoms with van der Waals surface area (Å²) in [6, 6.07) is 25.5. The largest absolute Gasteiger partial charge is 0.364 e. The van der Waals surface area contributed by atoms with E-state index in [0.717, 1.165) is 17.1 Å². The number of hydrogen-bond acceptors (Lipinski definition) is 8. The molecule has 292 valence electrons. The van der Waals surface area contributed by atoms with Gasteiger partial charge in [-0.1, -0.05) is 125 Å². The summed E-state index contributed by atoms with van der Waals surface area (Å²) in [5.74, 6) is -0.362. The van der Waals surface area contributed by atoms with Gasteiger partial charge in [-0.2, -0.15) is 16.8 Å². The molecule has 2 heterocycles. The molecule has 11 heteroatoms. The van der Waals surface area contributed by atoms with Crippen LogP contribution >= 0.6 is 0 Å². The number of benzene rings is 4. The monoisotopic (exact) mass is 784 g/mol. The van der Waals surface area contributed by atoms with Crippen molar-refractivity contribution in [2.45, 2.75) is 70.3 Å². The van der Waals surface area contributed by atoms with E-state index < -0.39 is 20.2 Å². The van der Waals surface area contributed by atoms with Crippen molar-refractivity contribution in [1.82, 2.24) is 0 Å². The first-order chi connectivity index (χ1) is 26.2. The Balaban J connectivity index is 1.22. The van der Waals surface area contributed by atoms with Gasteiger partial charge in [0.25, 0.3) is 20.2 Å². The minimum Gasteiger partial charge on any atom is -0.364 e. The zero-order valence-electron chi connectivity index (χ0n) is 32.3. The van der Waals surface area contributed by atoms with Crippen LogP contribution < -0.4 is 9.80 Å². The van der Waals surface area contributed by atoms with Crippen molar-refractivity contribution in [2.24, 2.45) is 0 Å². The van der Waals surface area contributed by atoms with Gasteiger partial charge < -0.3 is 9.80 Å². The number of fused-ring (bicyclic) bond motifs is 6. The quantitative estimate of drug-likeness (QED) is 0.0391. The molecule has 0 radical (unpaired) electrons. The van der Waals surface area contributed by atoms with E-state index in [0.29, 0.717) is 38.8 Å². The highest BCUT2D eigenvalue weighted by molar-refractivity contribution is 7.86. The standard InChI is InChI=1S/C44H52N2O7S2/c1-43(2)39(45(29-15-17-31-54(47,48)49)37-27-25-33-19-11-13-21-35(33)41(37)43)23-9-7-6-8-10-24-40-44(3,4)42-36-22-14-12-20-34(36)26-28-38(42)46(40)30-16-18-32-55(50,51)53-52-5/h6-14,19-28,39H,15-18,29-32H2,1-5H3,(H,47,48,49)/b7-6+,10-8+,23-9+,40-24+. The van der Waals surface area contributed by atoms with Crippen LogP contribution in [0, 0.1) is 0 Å². The van der Waals surface area contributed by atoms with Gasteiger partial charge in [0.2, 0.25) is 0 Å². The third kappa shape index (κ3) is 8.76. The average Bonchev–Trinajstić information content (AvgIpc) is 3.49. The highest BCUT2D eigenvalue weighted by Gasteiger charge is 2.44. The third-order valence-corrected chi connectivity index (χ3v) is 12.9. The topological polar surface area (TPSA) is 113 Å². The molecule has 0 amide bonds. The van der Waals surface area contributed by atoms with Crippen LogP contribution in [0.5, 0.6) is 0 Å². The van der Waals surface area contributed by atoms with Crippen LogP contribution in [0.1, 0.15) is 64.5 Å². The van der Waals surface area contributed by atoms with Gasteiger partial charge in [0.1, 0.15) is 0 Å². The van der Waals surface area contributed by atoms with Crippen molar-refractivity contribution in [1.29, 1.82) is 0 Å². The van der Waals surface area contributed by atoms with E-state index in [2.05, 4.69) is 144 Å². The molecule has 0 bridgehead atoms. The summed E-state index contributed by atoms with van der Waals surface area (Å²) in [5, 5.41) is 4.80. The van der Waals surface area contributed by atoms with Crippen molar-refractivity contribution in [3.8, 4) is 0 Å². The summed E-state index contributed by atoms with van der Waals surface area (Å²) in [4.78, 5) is 9.07. The van der Waals surface area contributed by atoms with Crippen molar-refractivity contribution < 1.29 is 30.6 Å². The van der Waals surface area contributed by atoms with Gasteiger partial charge in [0, 0.05) is 41.0 Å². The van der Waals surface area contributed by atoms with E-state index in [1.807, 2.05) is 18.2 Å². The Kier molecular flexibility index (Phi) is 12.1. The molecule has 2 aliphatic heterocycles. The predicted molar refractivity (Wildman–Crippen MR) is 225 cm³/mol. The lowest BCUT2D eigenvalue weighted by Crippen LogP contribution is -2.40. The summed E-state index contributed by atoms with van der Waals surface area (Å²) in [7, 11) is -6.55. The van der Waals surface area contributed by atoms with E-state index >= 15 is 0 Å². The van der Waals surface area contributed by atoms with Gasteiger partial charge in [-0.05, 0) is 76.6 Å². The minimum atomic E-state index is -4.00. The Bertz CT molecular complexity index is 2380. The van der Waals surface area contributed by atoms with E-state index in [-0.39, 0.29) is 28.4 Å². The fourth-order valence-corrected chi connectivity index (χ4v) is 9.91. The Hall–Kier alpha value is -4.26. The SMILES string of the molecule is COOS(=O)(=O)CCCCN1/C(=C/C=C/C=C/C=C/C2N(CCCCS(=O)(=O)O)c3ccc4ccccc4c3C2(C)C)C(C)(C)c2c1ccc1ccccc21. The average molecular weight is 785 g/mol. The Labute approximate surface area is 326 Å². The number of hydrogen-bond donors (Lipinski definition) is 1. The molecule has 9 nitrogen and oxygen atoms in total. The molecule has 0 fully saturated rings. The van der Waals surface area contributed by atoms with Crippen LogP contribution in [0.4, 0.5) is 11.4 Å². The van der Waals surface area contributed by atoms with Crippen LogP contribution in [0.15, 0.2) is 121 Å². The van der Waals surface area contributed by atoms with Crippen molar-refractivity contribution in [3.63, 3.8) is 0 Å². The van der Waals surface area contributed by atoms with E-state index in [1.165, 1.54) is 39.8 Å². The molecule has 2 aliphatic rings. The lowest BCUT2D eigenvalue weighted by molar-refractivity contribution is -0.172. The van der Waals surface area contributed by atoms with Crippen molar-refractivity contribution in [2.75, 3.05) is 41.5 Å². The molecular formula is C44H52N2O7S2. The Morgan fingerprint density at radius 1 is 0.691 bits per heavy atom. The zero-order valence-corrected chi connectivity index (χ0v) is 33.9. The number of unbranched alkanes of at least 4 members (excludes halogenated alkanes) is 2. The second-order valence-corrected chi connectivity index (χ2v) is 18.6. The molecule has 4 aromatic carbocycles. The van der Waals surface area contributed by atoms with Crippen LogP contribution in [-0.4, -0.2) is 59.1 Å². The minimum absolute atomic E-state index is 0.0343. The lowest BCUT2D eigenvalue weighted by atomic mass is 9.78. The molecule has 0 aliphatic carbocycles. The van der Waals surface area contributed by atoms with Crippen LogP contribution in [0.3, 0.4) is 0 Å². The molecule has 1 N–H and O–H groups in total. The van der Waals surface area contributed by atoms with E-state index in [1.54, 1.807) is 0 Å². The summed E-state index contributed by atoms with van der Waals surface area (Å²) >= 11 is 0. The molecule has 0 saturated heterocycles. The maximum atomic E-state index is 12.1. The zero-order chi connectivity index (χ0) is 39.4. The Morgan fingerprint density at radius 2 is 1.27 bits per heavy atom. The van der Waals surface area contributed by atoms with Gasteiger partial charge >= 0.3 is 0 Å². The second kappa shape index (κ2) is 16.5. The second-order valence-electron chi connectivity index (χ2n) is 15.4. The lowest BCUT2D eigenvalue weighted by Gasteiger charge is -2.32. The molecule has 0 spiro atoms. The van der Waals surface area contributed by atoms with Gasteiger partial charge in [0.05, 0.1) is 24.7 Å². The first-order valence-corrected chi connectivity index (χ1v) is 22.1. The fourth-order valence-electron chi connectivity index (χ4n) is 8.51. The summed E-state index contributed by atoms with van der Waals surface area (Å²) in [5.41, 5.74) is 5.45. The molecule has 0 saturated carbocycles. The first-order valence-electron chi connectivity index (χ1n) is 18.9. The summed E-state index contributed by atoms with van der Waals surface area (Å²) in [6.07, 6.45) is 16.7. The van der Waals surface area contributed by atoms with Crippen LogP contribution in [0.25, 0.3) is 21.5 Å². The van der Waals surface area contributed by atoms with E-state index in [9.17, 15) is 21.4 Å². The molecule has 6 rings (SSSR count). The molecule has 1 atom stereocenters. The van der Waals surface area contributed by atoms with E-state index in [4.69, 9.17) is 0 Å². The summed E-state index contributed by atoms with van der Waals surface area (Å²) < 4.78 is 60.7. The van der Waals surface area contributed by atoms with Gasteiger partial charge in [-0.15, -0.1) is 4.33 Å².